The summed E-state index contributed by atoms with van der Waals surface area (Å²) in [6.45, 7) is 2.83. The molecule has 0 unspecified atom stereocenters. The normalized spacial score (nSPS) is 13.1. The molecule has 2 N–H and O–H groups in total. The lowest BCUT2D eigenvalue weighted by atomic mass is 10.1. The van der Waals surface area contributed by atoms with Crippen LogP contribution < -0.4 is 20.1 Å². The number of nitrogens with one attached hydrogen (secondary N) is 2. The minimum Gasteiger partial charge on any atom is -0.497 e. The zero-order chi connectivity index (χ0) is 25.3. The van der Waals surface area contributed by atoms with E-state index in [1.165, 1.54) is 18.4 Å². The van der Waals surface area contributed by atoms with Gasteiger partial charge < -0.3 is 20.1 Å². The van der Waals surface area contributed by atoms with E-state index in [0.717, 1.165) is 23.3 Å². The minimum atomic E-state index is -0.355. The third kappa shape index (κ3) is 6.98. The van der Waals surface area contributed by atoms with Crippen molar-refractivity contribution in [2.45, 2.75) is 32.1 Å². The van der Waals surface area contributed by atoms with Crippen molar-refractivity contribution in [3.63, 3.8) is 0 Å². The first-order valence-electron chi connectivity index (χ1n) is 12.3. The third-order valence-electron chi connectivity index (χ3n) is 6.06. The molecule has 0 heterocycles. The van der Waals surface area contributed by atoms with Crippen molar-refractivity contribution in [1.82, 2.24) is 10.6 Å². The molecule has 3 aromatic carbocycles. The van der Waals surface area contributed by atoms with Crippen LogP contribution in [0.5, 0.6) is 11.5 Å². The Labute approximate surface area is 212 Å². The van der Waals surface area contributed by atoms with Gasteiger partial charge in [-0.25, -0.2) is 0 Å². The Bertz CT molecular complexity index is 1200. The molecule has 0 bridgehead atoms. The molecule has 0 spiro atoms. The summed E-state index contributed by atoms with van der Waals surface area (Å²) in [6.07, 6.45) is 4.94. The minimum absolute atomic E-state index is 0.209. The standard InChI is InChI=1S/C30H32N2O4/c1-3-31-30(34)28(20-22-4-8-23(9-5-22)24-10-11-24)32-29(33)25-12-16-27(17-13-25)36-19-18-21-6-14-26(35-2)15-7-21/h4-9,12-17,20,24H,3,10-11,18-19H2,1-2H3,(H,31,34)(H,32,33). The van der Waals surface area contributed by atoms with Crippen molar-refractivity contribution in [3.05, 3.63) is 101 Å². The summed E-state index contributed by atoms with van der Waals surface area (Å²) >= 11 is 0. The highest BCUT2D eigenvalue weighted by atomic mass is 16.5. The third-order valence-corrected chi connectivity index (χ3v) is 6.06. The summed E-state index contributed by atoms with van der Waals surface area (Å²) in [5.74, 6) is 1.49. The van der Waals surface area contributed by atoms with Gasteiger partial charge in [-0.1, -0.05) is 36.4 Å². The Morgan fingerprint density at radius 2 is 1.58 bits per heavy atom. The highest BCUT2D eigenvalue weighted by Gasteiger charge is 2.23. The molecule has 1 saturated carbocycles. The fraction of sp³-hybridized carbons (Fsp3) is 0.267. The van der Waals surface area contributed by atoms with Crippen LogP contribution in [0.25, 0.3) is 6.08 Å². The molecule has 0 saturated heterocycles. The first-order chi connectivity index (χ1) is 17.6. The summed E-state index contributed by atoms with van der Waals surface area (Å²) in [7, 11) is 1.65. The van der Waals surface area contributed by atoms with E-state index < -0.39 is 0 Å². The monoisotopic (exact) mass is 484 g/mol. The SMILES string of the molecule is CCNC(=O)C(=Cc1ccc(C2CC2)cc1)NC(=O)c1ccc(OCCc2ccc(OC)cc2)cc1. The Kier molecular flexibility index (Phi) is 8.40. The van der Waals surface area contributed by atoms with Gasteiger partial charge in [0.2, 0.25) is 0 Å². The first kappa shape index (κ1) is 25.0. The van der Waals surface area contributed by atoms with Crippen molar-refractivity contribution in [2.24, 2.45) is 0 Å². The number of methoxy groups -OCH3 is 1. The van der Waals surface area contributed by atoms with Crippen LogP contribution in [0.15, 0.2) is 78.5 Å². The molecule has 6 nitrogen and oxygen atoms in total. The quantitative estimate of drug-likeness (QED) is 0.371. The van der Waals surface area contributed by atoms with Gasteiger partial charge in [-0.15, -0.1) is 0 Å². The van der Waals surface area contributed by atoms with Crippen LogP contribution in [-0.2, 0) is 11.2 Å². The molecule has 6 heteroatoms. The van der Waals surface area contributed by atoms with E-state index in [1.54, 1.807) is 37.5 Å². The van der Waals surface area contributed by atoms with E-state index in [9.17, 15) is 9.59 Å². The van der Waals surface area contributed by atoms with Gasteiger partial charge in [0.15, 0.2) is 0 Å². The lowest BCUT2D eigenvalue weighted by Gasteiger charge is -2.11. The van der Waals surface area contributed by atoms with Gasteiger partial charge >= 0.3 is 0 Å². The van der Waals surface area contributed by atoms with Crippen LogP contribution >= 0.6 is 0 Å². The predicted molar refractivity (Wildman–Crippen MR) is 141 cm³/mol. The van der Waals surface area contributed by atoms with Crippen LogP contribution in [0.2, 0.25) is 0 Å². The molecule has 3 aromatic rings. The van der Waals surface area contributed by atoms with Crippen molar-refractivity contribution >= 4 is 17.9 Å². The lowest BCUT2D eigenvalue weighted by molar-refractivity contribution is -0.117. The average molecular weight is 485 g/mol. The fourth-order valence-corrected chi connectivity index (χ4v) is 3.84. The maximum atomic E-state index is 12.9. The Hall–Kier alpha value is -4.06. The van der Waals surface area contributed by atoms with Crippen LogP contribution in [0.3, 0.4) is 0 Å². The second kappa shape index (κ2) is 12.1. The second-order valence-electron chi connectivity index (χ2n) is 8.78. The van der Waals surface area contributed by atoms with E-state index in [2.05, 4.69) is 22.8 Å². The van der Waals surface area contributed by atoms with E-state index in [4.69, 9.17) is 9.47 Å². The van der Waals surface area contributed by atoms with E-state index in [1.807, 2.05) is 43.3 Å². The molecule has 0 aliphatic heterocycles. The van der Waals surface area contributed by atoms with Crippen LogP contribution in [-0.4, -0.2) is 32.1 Å². The number of rotatable bonds is 11. The maximum Gasteiger partial charge on any atom is 0.267 e. The number of hydrogen-bond donors (Lipinski definition) is 2. The number of carbonyl (C=O) groups excluding carboxylic acids is 2. The maximum absolute atomic E-state index is 12.9. The van der Waals surface area contributed by atoms with Crippen molar-refractivity contribution in [2.75, 3.05) is 20.3 Å². The summed E-state index contributed by atoms with van der Waals surface area (Å²) < 4.78 is 11.0. The summed E-state index contributed by atoms with van der Waals surface area (Å²) in [5.41, 5.74) is 3.99. The molecule has 36 heavy (non-hydrogen) atoms. The molecule has 1 aliphatic rings. The Balaban J connectivity index is 1.36. The second-order valence-corrected chi connectivity index (χ2v) is 8.78. The Morgan fingerprint density at radius 3 is 2.19 bits per heavy atom. The first-order valence-corrected chi connectivity index (χ1v) is 12.3. The highest BCUT2D eigenvalue weighted by Crippen LogP contribution is 2.39. The van der Waals surface area contributed by atoms with Crippen molar-refractivity contribution in [3.8, 4) is 11.5 Å². The molecule has 4 rings (SSSR count). The zero-order valence-electron chi connectivity index (χ0n) is 20.8. The van der Waals surface area contributed by atoms with Crippen molar-refractivity contribution < 1.29 is 19.1 Å². The molecule has 1 fully saturated rings. The summed E-state index contributed by atoms with van der Waals surface area (Å²) in [6, 6.07) is 22.9. The predicted octanol–water partition coefficient (Wildman–Crippen LogP) is 5.10. The van der Waals surface area contributed by atoms with Crippen molar-refractivity contribution in [1.29, 1.82) is 0 Å². The molecule has 2 amide bonds. The van der Waals surface area contributed by atoms with E-state index >= 15 is 0 Å². The highest BCUT2D eigenvalue weighted by molar-refractivity contribution is 6.05. The summed E-state index contributed by atoms with van der Waals surface area (Å²) in [5, 5.41) is 5.53. The summed E-state index contributed by atoms with van der Waals surface area (Å²) in [4.78, 5) is 25.5. The molecule has 186 valence electrons. The average Bonchev–Trinajstić information content (AvgIpc) is 3.75. The van der Waals surface area contributed by atoms with Crippen LogP contribution in [0, 0.1) is 0 Å². The van der Waals surface area contributed by atoms with Gasteiger partial charge in [0.05, 0.1) is 13.7 Å². The van der Waals surface area contributed by atoms with Gasteiger partial charge in [0, 0.05) is 18.5 Å². The smallest absolute Gasteiger partial charge is 0.267 e. The van der Waals surface area contributed by atoms with E-state index in [0.29, 0.717) is 30.4 Å². The largest absolute Gasteiger partial charge is 0.497 e. The Morgan fingerprint density at radius 1 is 0.917 bits per heavy atom. The zero-order valence-corrected chi connectivity index (χ0v) is 20.8. The molecule has 0 atom stereocenters. The fourth-order valence-electron chi connectivity index (χ4n) is 3.84. The van der Waals surface area contributed by atoms with Gasteiger partial charge in [-0.3, -0.25) is 9.59 Å². The number of ether oxygens (including phenoxy) is 2. The van der Waals surface area contributed by atoms with Gasteiger partial charge in [0.1, 0.15) is 17.2 Å². The van der Waals surface area contributed by atoms with Gasteiger partial charge in [-0.2, -0.15) is 0 Å². The number of benzene rings is 3. The molecule has 0 radical (unpaired) electrons. The number of amides is 2. The van der Waals surface area contributed by atoms with Gasteiger partial charge in [-0.05, 0) is 84.8 Å². The van der Waals surface area contributed by atoms with Gasteiger partial charge in [0.25, 0.3) is 11.8 Å². The molecular weight excluding hydrogens is 452 g/mol. The molecular formula is C30H32N2O4. The van der Waals surface area contributed by atoms with E-state index in [-0.39, 0.29) is 17.5 Å². The molecule has 0 aromatic heterocycles. The topological polar surface area (TPSA) is 76.7 Å². The number of likely N-dealkylation sites (N-methyl/N-ethyl adjacent to an activating group) is 1. The number of hydrogen-bond acceptors (Lipinski definition) is 4. The lowest BCUT2D eigenvalue weighted by Crippen LogP contribution is -2.34. The molecule has 1 aliphatic carbocycles. The van der Waals surface area contributed by atoms with Crippen LogP contribution in [0.1, 0.15) is 52.7 Å². The number of carbonyl (C=O) groups is 2. The van der Waals surface area contributed by atoms with Crippen LogP contribution in [0.4, 0.5) is 0 Å².